The molecule has 0 aliphatic carbocycles. The fraction of sp³-hybridized carbons (Fsp3) is 0.250. The zero-order valence-electron chi connectivity index (χ0n) is 12.9. The first kappa shape index (κ1) is 15.5. The molecule has 1 aromatic carbocycles. The number of nitrogens with one attached hydrogen (secondary N) is 1. The van der Waals surface area contributed by atoms with Crippen LogP contribution in [-0.2, 0) is 4.79 Å². The Hall–Kier alpha value is -2.41. The molecule has 1 amide bonds. The van der Waals surface area contributed by atoms with E-state index in [0.29, 0.717) is 5.17 Å². The largest absolute Gasteiger partial charge is 0.497 e. The van der Waals surface area contributed by atoms with E-state index in [1.165, 1.54) is 16.8 Å². The highest BCUT2D eigenvalue weighted by Crippen LogP contribution is 2.29. The average molecular weight is 328 g/mol. The van der Waals surface area contributed by atoms with Gasteiger partial charge in [0.15, 0.2) is 5.84 Å². The number of rotatable bonds is 4. The van der Waals surface area contributed by atoms with Gasteiger partial charge in [-0.2, -0.15) is 15.1 Å². The highest BCUT2D eigenvalue weighted by Gasteiger charge is 2.35. The minimum Gasteiger partial charge on any atom is -0.497 e. The molecule has 3 rings (SSSR count). The van der Waals surface area contributed by atoms with Crippen LogP contribution in [0.25, 0.3) is 6.08 Å². The lowest BCUT2D eigenvalue weighted by atomic mass is 10.1. The van der Waals surface area contributed by atoms with Gasteiger partial charge in [0, 0.05) is 0 Å². The minimum atomic E-state index is -0.405. The summed E-state index contributed by atoms with van der Waals surface area (Å²) in [4.78, 5) is 16.3. The van der Waals surface area contributed by atoms with Crippen molar-refractivity contribution in [2.45, 2.75) is 19.8 Å². The van der Waals surface area contributed by atoms with Crippen molar-refractivity contribution in [2.75, 3.05) is 7.11 Å². The molecule has 2 heterocycles. The lowest BCUT2D eigenvalue weighted by Crippen LogP contribution is -2.35. The Morgan fingerprint density at radius 2 is 2.09 bits per heavy atom. The SMILES string of the molecule is CCCC1=NN2C(=N)/C(=C/c3ccc(OC)cc3)C(=O)N=C2S1. The van der Waals surface area contributed by atoms with Crippen LogP contribution in [0.4, 0.5) is 0 Å². The zero-order chi connectivity index (χ0) is 16.4. The fourth-order valence-electron chi connectivity index (χ4n) is 2.21. The quantitative estimate of drug-likeness (QED) is 0.861. The molecule has 0 fully saturated rings. The molecule has 0 saturated carbocycles. The van der Waals surface area contributed by atoms with Crippen molar-refractivity contribution in [3.8, 4) is 5.75 Å². The first-order chi connectivity index (χ1) is 11.1. The lowest BCUT2D eigenvalue weighted by Gasteiger charge is -2.20. The third-order valence-corrected chi connectivity index (χ3v) is 4.36. The number of hydrazone groups is 1. The van der Waals surface area contributed by atoms with Crippen molar-refractivity contribution in [1.82, 2.24) is 5.01 Å². The van der Waals surface area contributed by atoms with Gasteiger partial charge in [-0.25, -0.2) is 0 Å². The standard InChI is InChI=1S/C16H16N4O2S/c1-3-4-13-19-20-14(17)12(15(21)18-16(20)23-13)9-10-5-7-11(22-2)8-6-10/h5-9,17H,3-4H2,1-2H3/b12-9-,17-14?. The number of hydrogen-bond acceptors (Lipinski definition) is 5. The Kier molecular flexibility index (Phi) is 4.29. The number of amides is 1. The second kappa shape index (κ2) is 6.37. The van der Waals surface area contributed by atoms with Crippen molar-refractivity contribution in [3.63, 3.8) is 0 Å². The van der Waals surface area contributed by atoms with Crippen LogP contribution in [0.5, 0.6) is 5.75 Å². The van der Waals surface area contributed by atoms with Gasteiger partial charge in [-0.1, -0.05) is 19.1 Å². The molecule has 23 heavy (non-hydrogen) atoms. The summed E-state index contributed by atoms with van der Waals surface area (Å²) < 4.78 is 5.11. The minimum absolute atomic E-state index is 0.0643. The summed E-state index contributed by atoms with van der Waals surface area (Å²) in [5.74, 6) is 0.397. The van der Waals surface area contributed by atoms with Gasteiger partial charge in [-0.3, -0.25) is 10.2 Å². The molecular weight excluding hydrogens is 312 g/mol. The molecule has 7 heteroatoms. The molecule has 0 radical (unpaired) electrons. The van der Waals surface area contributed by atoms with E-state index in [1.807, 2.05) is 12.1 Å². The molecule has 2 aliphatic heterocycles. The summed E-state index contributed by atoms with van der Waals surface area (Å²) in [5, 5.41) is 15.4. The number of nitrogens with zero attached hydrogens (tertiary/aromatic N) is 3. The van der Waals surface area contributed by atoms with E-state index in [-0.39, 0.29) is 11.4 Å². The summed E-state index contributed by atoms with van der Waals surface area (Å²) in [5.41, 5.74) is 1.04. The van der Waals surface area contributed by atoms with Crippen LogP contribution in [-0.4, -0.2) is 34.1 Å². The molecule has 1 N–H and O–H groups in total. The van der Waals surface area contributed by atoms with Gasteiger partial charge >= 0.3 is 0 Å². The topological polar surface area (TPSA) is 78.1 Å². The first-order valence-corrected chi connectivity index (χ1v) is 8.07. The van der Waals surface area contributed by atoms with Crippen LogP contribution in [0.3, 0.4) is 0 Å². The van der Waals surface area contributed by atoms with Crippen LogP contribution in [0, 0.1) is 5.41 Å². The van der Waals surface area contributed by atoms with Gasteiger partial charge in [0.25, 0.3) is 5.91 Å². The van der Waals surface area contributed by atoms with E-state index in [9.17, 15) is 4.79 Å². The van der Waals surface area contributed by atoms with Gasteiger partial charge in [-0.15, -0.1) is 0 Å². The molecule has 1 aromatic rings. The van der Waals surface area contributed by atoms with Crippen molar-refractivity contribution in [3.05, 3.63) is 35.4 Å². The van der Waals surface area contributed by atoms with Gasteiger partial charge in [0.05, 0.1) is 12.7 Å². The van der Waals surface area contributed by atoms with E-state index in [0.717, 1.165) is 29.2 Å². The van der Waals surface area contributed by atoms with E-state index >= 15 is 0 Å². The molecule has 0 unspecified atom stereocenters. The van der Waals surface area contributed by atoms with Crippen molar-refractivity contribution >= 4 is 39.8 Å². The van der Waals surface area contributed by atoms with Crippen molar-refractivity contribution in [1.29, 1.82) is 5.41 Å². The van der Waals surface area contributed by atoms with E-state index in [2.05, 4.69) is 17.0 Å². The number of benzene rings is 1. The average Bonchev–Trinajstić information content (AvgIpc) is 2.95. The summed E-state index contributed by atoms with van der Waals surface area (Å²) in [7, 11) is 1.60. The molecule has 0 aromatic heterocycles. The normalized spacial score (nSPS) is 18.9. The number of thioether (sulfide) groups is 1. The maximum absolute atomic E-state index is 12.2. The summed E-state index contributed by atoms with van der Waals surface area (Å²) >= 11 is 1.36. The third-order valence-electron chi connectivity index (χ3n) is 3.39. The Labute approximate surface area is 138 Å². The predicted octanol–water partition coefficient (Wildman–Crippen LogP) is 3.11. The lowest BCUT2D eigenvalue weighted by molar-refractivity contribution is -0.114. The summed E-state index contributed by atoms with van der Waals surface area (Å²) in [6, 6.07) is 7.27. The van der Waals surface area contributed by atoms with Crippen LogP contribution < -0.4 is 4.74 Å². The number of hydrogen-bond donors (Lipinski definition) is 1. The van der Waals surface area contributed by atoms with E-state index < -0.39 is 5.91 Å². The van der Waals surface area contributed by atoms with Crippen LogP contribution in [0.15, 0.2) is 39.9 Å². The molecular formula is C16H16N4O2S. The first-order valence-electron chi connectivity index (χ1n) is 7.25. The van der Waals surface area contributed by atoms with Crippen molar-refractivity contribution in [2.24, 2.45) is 10.1 Å². The summed E-state index contributed by atoms with van der Waals surface area (Å²) in [6.07, 6.45) is 3.43. The predicted molar refractivity (Wildman–Crippen MR) is 92.9 cm³/mol. The molecule has 6 nitrogen and oxygen atoms in total. The van der Waals surface area contributed by atoms with E-state index in [4.69, 9.17) is 10.1 Å². The van der Waals surface area contributed by atoms with Gasteiger partial charge in [-0.05, 0) is 48.4 Å². The fourth-order valence-corrected chi connectivity index (χ4v) is 3.20. The van der Waals surface area contributed by atoms with Gasteiger partial charge in [0.1, 0.15) is 10.8 Å². The number of methoxy groups -OCH3 is 1. The molecule has 2 aliphatic rings. The number of amidine groups is 2. The molecule has 0 spiro atoms. The zero-order valence-corrected chi connectivity index (χ0v) is 13.7. The maximum atomic E-state index is 12.2. The Bertz CT molecular complexity index is 750. The van der Waals surface area contributed by atoms with Crippen LogP contribution in [0.1, 0.15) is 25.3 Å². The van der Waals surface area contributed by atoms with Gasteiger partial charge in [0.2, 0.25) is 5.17 Å². The van der Waals surface area contributed by atoms with E-state index in [1.54, 1.807) is 25.3 Å². The highest BCUT2D eigenvalue weighted by atomic mass is 32.2. The molecule has 118 valence electrons. The second-order valence-corrected chi connectivity index (χ2v) is 6.08. The molecule has 0 atom stereocenters. The number of fused-ring (bicyclic) bond motifs is 1. The van der Waals surface area contributed by atoms with Crippen LogP contribution >= 0.6 is 11.8 Å². The Balaban J connectivity index is 1.90. The highest BCUT2D eigenvalue weighted by molar-refractivity contribution is 8.26. The second-order valence-electron chi connectivity index (χ2n) is 5.04. The van der Waals surface area contributed by atoms with Crippen LogP contribution in [0.2, 0.25) is 0 Å². The number of carbonyl (C=O) groups excluding carboxylic acids is 1. The smallest absolute Gasteiger partial charge is 0.283 e. The maximum Gasteiger partial charge on any atom is 0.283 e. The molecule has 0 saturated heterocycles. The third kappa shape index (κ3) is 3.05. The number of ether oxygens (including phenoxy) is 1. The monoisotopic (exact) mass is 328 g/mol. The Morgan fingerprint density at radius 1 is 1.35 bits per heavy atom. The Morgan fingerprint density at radius 3 is 2.74 bits per heavy atom. The number of aliphatic imine (C=N–C) groups is 1. The summed E-state index contributed by atoms with van der Waals surface area (Å²) in [6.45, 7) is 2.06. The van der Waals surface area contributed by atoms with Crippen molar-refractivity contribution < 1.29 is 9.53 Å². The molecule has 0 bridgehead atoms. The number of carbonyl (C=O) groups is 1. The van der Waals surface area contributed by atoms with Gasteiger partial charge < -0.3 is 4.74 Å².